The van der Waals surface area contributed by atoms with Crippen molar-refractivity contribution in [3.8, 4) is 11.1 Å². The van der Waals surface area contributed by atoms with Crippen LogP contribution in [-0.4, -0.2) is 21.0 Å². The molecule has 0 spiro atoms. The molecule has 5 heteroatoms. The molecule has 24 heavy (non-hydrogen) atoms. The molecule has 122 valence electrons. The van der Waals surface area contributed by atoms with Crippen LogP contribution in [0.1, 0.15) is 25.0 Å². The molecule has 0 unspecified atom stereocenters. The molecular formula is C19H19N3O2. The molecule has 2 heterocycles. The van der Waals surface area contributed by atoms with Gasteiger partial charge in [0, 0.05) is 35.0 Å². The average molecular weight is 321 g/mol. The third-order valence-corrected chi connectivity index (χ3v) is 3.91. The van der Waals surface area contributed by atoms with Gasteiger partial charge in [0.05, 0.1) is 5.60 Å². The highest BCUT2D eigenvalue weighted by Gasteiger charge is 2.15. The smallest absolute Gasteiger partial charge is 0.241 e. The number of hydrogen-bond acceptors (Lipinski definition) is 3. The Kier molecular flexibility index (Phi) is 3.95. The Hall–Kier alpha value is -2.92. The van der Waals surface area contributed by atoms with E-state index in [1.807, 2.05) is 30.3 Å². The van der Waals surface area contributed by atoms with Crippen LogP contribution in [0.4, 0.5) is 0 Å². The second kappa shape index (κ2) is 5.94. The molecule has 0 aliphatic rings. The van der Waals surface area contributed by atoms with Gasteiger partial charge in [-0.3, -0.25) is 4.79 Å². The summed E-state index contributed by atoms with van der Waals surface area (Å²) in [6.45, 7) is 3.51. The fraction of sp³-hybridized carbons (Fsp3) is 0.158. The first-order chi connectivity index (χ1) is 11.3. The Labute approximate surface area is 139 Å². The van der Waals surface area contributed by atoms with Crippen LogP contribution >= 0.6 is 0 Å². The summed E-state index contributed by atoms with van der Waals surface area (Å²) < 4.78 is 0. The van der Waals surface area contributed by atoms with Gasteiger partial charge < -0.3 is 15.8 Å². The molecule has 0 saturated heterocycles. The molecule has 0 atom stereocenters. The van der Waals surface area contributed by atoms with Crippen molar-refractivity contribution in [1.29, 1.82) is 0 Å². The van der Waals surface area contributed by atoms with Gasteiger partial charge in [0.1, 0.15) is 5.65 Å². The summed E-state index contributed by atoms with van der Waals surface area (Å²) in [7, 11) is 0. The molecule has 1 aromatic carbocycles. The zero-order valence-electron chi connectivity index (χ0n) is 13.6. The lowest BCUT2D eigenvalue weighted by Crippen LogP contribution is -2.14. The third-order valence-electron chi connectivity index (χ3n) is 3.91. The minimum absolute atomic E-state index is 0.490. The highest BCUT2D eigenvalue weighted by molar-refractivity contribution is 5.95. The lowest BCUT2D eigenvalue weighted by Gasteiger charge is -2.17. The second-order valence-electron chi connectivity index (χ2n) is 6.24. The maximum absolute atomic E-state index is 10.9. The second-order valence-corrected chi connectivity index (χ2v) is 6.24. The topological polar surface area (TPSA) is 92.0 Å². The quantitative estimate of drug-likeness (QED) is 0.645. The monoisotopic (exact) mass is 321 g/mol. The normalized spacial score (nSPS) is 12.1. The van der Waals surface area contributed by atoms with Crippen molar-refractivity contribution in [3.63, 3.8) is 0 Å². The van der Waals surface area contributed by atoms with Gasteiger partial charge in [-0.15, -0.1) is 0 Å². The van der Waals surface area contributed by atoms with E-state index in [1.54, 1.807) is 32.3 Å². The van der Waals surface area contributed by atoms with Gasteiger partial charge in [-0.1, -0.05) is 24.3 Å². The summed E-state index contributed by atoms with van der Waals surface area (Å²) in [5.74, 6) is -0.490. The fourth-order valence-electron chi connectivity index (χ4n) is 2.56. The van der Waals surface area contributed by atoms with E-state index in [-0.39, 0.29) is 0 Å². The molecule has 5 nitrogen and oxygen atoms in total. The third kappa shape index (κ3) is 3.21. The van der Waals surface area contributed by atoms with Crippen LogP contribution in [-0.2, 0) is 10.4 Å². The van der Waals surface area contributed by atoms with Gasteiger partial charge in [0.2, 0.25) is 5.91 Å². The van der Waals surface area contributed by atoms with Gasteiger partial charge in [-0.25, -0.2) is 4.98 Å². The number of aromatic nitrogens is 2. The van der Waals surface area contributed by atoms with Gasteiger partial charge in [0.15, 0.2) is 0 Å². The standard InChI is InChI=1S/C19H19N3O2/c1-19(2,24)15-6-3-12(4-7-15)14-9-16-13(5-8-17(20)23)10-21-18(16)22-11-14/h3-11,24H,1-2H3,(H2,20,23)(H,21,22). The number of H-pyrrole nitrogens is 1. The number of carbonyl (C=O) groups excluding carboxylic acids is 1. The number of pyridine rings is 1. The molecule has 0 fully saturated rings. The molecule has 0 bridgehead atoms. The predicted octanol–water partition coefficient (Wildman–Crippen LogP) is 2.96. The number of aromatic amines is 1. The number of rotatable bonds is 4. The number of amides is 1. The van der Waals surface area contributed by atoms with Crippen LogP contribution in [0.3, 0.4) is 0 Å². The Morgan fingerprint density at radius 3 is 2.58 bits per heavy atom. The van der Waals surface area contributed by atoms with Crippen LogP contribution < -0.4 is 5.73 Å². The average Bonchev–Trinajstić information content (AvgIpc) is 2.94. The van der Waals surface area contributed by atoms with E-state index in [9.17, 15) is 9.90 Å². The molecule has 3 aromatic rings. The van der Waals surface area contributed by atoms with E-state index in [1.165, 1.54) is 6.08 Å². The number of hydrogen-bond donors (Lipinski definition) is 3. The molecule has 0 aliphatic carbocycles. The highest BCUT2D eigenvalue weighted by Crippen LogP contribution is 2.27. The molecular weight excluding hydrogens is 302 g/mol. The molecule has 0 aliphatic heterocycles. The summed E-state index contributed by atoms with van der Waals surface area (Å²) in [5, 5.41) is 11.0. The van der Waals surface area contributed by atoms with E-state index >= 15 is 0 Å². The summed E-state index contributed by atoms with van der Waals surface area (Å²) in [4.78, 5) is 18.4. The predicted molar refractivity (Wildman–Crippen MR) is 95.0 cm³/mol. The summed E-state index contributed by atoms with van der Waals surface area (Å²) in [5.41, 5.74) is 8.70. The van der Waals surface area contributed by atoms with E-state index < -0.39 is 11.5 Å². The van der Waals surface area contributed by atoms with E-state index in [4.69, 9.17) is 5.73 Å². The Bertz CT molecular complexity index is 916. The molecule has 0 radical (unpaired) electrons. The first-order valence-corrected chi connectivity index (χ1v) is 7.62. The molecule has 2 aromatic heterocycles. The van der Waals surface area contributed by atoms with Crippen molar-refractivity contribution in [3.05, 3.63) is 59.9 Å². The Balaban J connectivity index is 2.01. The number of primary amides is 1. The first kappa shape index (κ1) is 16.0. The number of aliphatic hydroxyl groups is 1. The number of fused-ring (bicyclic) bond motifs is 1. The zero-order chi connectivity index (χ0) is 17.3. The Morgan fingerprint density at radius 2 is 1.96 bits per heavy atom. The maximum atomic E-state index is 10.9. The van der Waals surface area contributed by atoms with Crippen LogP contribution in [0, 0.1) is 0 Å². The van der Waals surface area contributed by atoms with E-state index in [0.717, 1.165) is 33.3 Å². The zero-order valence-corrected chi connectivity index (χ0v) is 13.6. The van der Waals surface area contributed by atoms with E-state index in [2.05, 4.69) is 9.97 Å². The van der Waals surface area contributed by atoms with Crippen molar-refractivity contribution < 1.29 is 9.90 Å². The minimum Gasteiger partial charge on any atom is -0.386 e. The van der Waals surface area contributed by atoms with Crippen LogP contribution in [0.5, 0.6) is 0 Å². The van der Waals surface area contributed by atoms with Crippen molar-refractivity contribution >= 4 is 23.0 Å². The van der Waals surface area contributed by atoms with Crippen LogP contribution in [0.2, 0.25) is 0 Å². The van der Waals surface area contributed by atoms with Crippen molar-refractivity contribution in [2.75, 3.05) is 0 Å². The van der Waals surface area contributed by atoms with Gasteiger partial charge in [0.25, 0.3) is 0 Å². The molecule has 4 N–H and O–H groups in total. The minimum atomic E-state index is -0.867. The number of nitrogens with zero attached hydrogens (tertiary/aromatic N) is 1. The van der Waals surface area contributed by atoms with Crippen molar-refractivity contribution in [2.24, 2.45) is 5.73 Å². The molecule has 3 rings (SSSR count). The fourth-order valence-corrected chi connectivity index (χ4v) is 2.56. The summed E-state index contributed by atoms with van der Waals surface area (Å²) in [6, 6.07) is 9.75. The summed E-state index contributed by atoms with van der Waals surface area (Å²) >= 11 is 0. The maximum Gasteiger partial charge on any atom is 0.241 e. The lowest BCUT2D eigenvalue weighted by molar-refractivity contribution is -0.113. The Morgan fingerprint density at radius 1 is 1.25 bits per heavy atom. The largest absolute Gasteiger partial charge is 0.386 e. The van der Waals surface area contributed by atoms with Crippen molar-refractivity contribution in [2.45, 2.75) is 19.4 Å². The highest BCUT2D eigenvalue weighted by atomic mass is 16.3. The van der Waals surface area contributed by atoms with Gasteiger partial charge >= 0.3 is 0 Å². The SMILES string of the molecule is CC(C)(O)c1ccc(-c2cnc3[nH]cc(C=CC(N)=O)c3c2)cc1. The number of nitrogens with one attached hydrogen (secondary N) is 1. The van der Waals surface area contributed by atoms with Gasteiger partial charge in [-0.05, 0) is 37.1 Å². The summed E-state index contributed by atoms with van der Waals surface area (Å²) in [6.07, 6.45) is 6.58. The van der Waals surface area contributed by atoms with E-state index in [0.29, 0.717) is 0 Å². The molecule has 1 amide bonds. The molecule has 0 saturated carbocycles. The van der Waals surface area contributed by atoms with Crippen LogP contribution in [0.15, 0.2) is 48.8 Å². The van der Waals surface area contributed by atoms with Crippen LogP contribution in [0.25, 0.3) is 28.2 Å². The first-order valence-electron chi connectivity index (χ1n) is 7.62. The van der Waals surface area contributed by atoms with Gasteiger partial charge in [-0.2, -0.15) is 0 Å². The lowest BCUT2D eigenvalue weighted by atomic mass is 9.96. The number of benzene rings is 1. The number of nitrogens with two attached hydrogens (primary N) is 1. The van der Waals surface area contributed by atoms with Crippen molar-refractivity contribution in [1.82, 2.24) is 9.97 Å². The number of carbonyl (C=O) groups is 1.